The van der Waals surface area contributed by atoms with Crippen LogP contribution in [0.4, 0.5) is 10.5 Å². The van der Waals surface area contributed by atoms with Crippen LogP contribution in [0, 0.1) is 5.92 Å². The maximum absolute atomic E-state index is 12.6. The third-order valence-corrected chi connectivity index (χ3v) is 7.76. The maximum Gasteiger partial charge on any atom is 0.334 e. The predicted molar refractivity (Wildman–Crippen MR) is 151 cm³/mol. The molecule has 10 heteroatoms. The lowest BCUT2D eigenvalue weighted by molar-refractivity contribution is -0.140. The van der Waals surface area contributed by atoms with E-state index in [9.17, 15) is 29.7 Å². The Morgan fingerprint density at radius 2 is 1.73 bits per heavy atom. The van der Waals surface area contributed by atoms with Crippen LogP contribution >= 0.6 is 0 Å². The quantitative estimate of drug-likeness (QED) is 0.299. The Labute approximate surface area is 233 Å². The molecule has 5 N–H and O–H groups in total. The zero-order valence-electron chi connectivity index (χ0n) is 22.8. The van der Waals surface area contributed by atoms with Gasteiger partial charge >= 0.3 is 18.0 Å². The molecular formula is C30H36N4O6. The van der Waals surface area contributed by atoms with Crippen LogP contribution in [-0.4, -0.2) is 70.1 Å². The summed E-state index contributed by atoms with van der Waals surface area (Å²) >= 11 is 0. The number of nitrogens with one attached hydrogen (secondary N) is 2. The number of anilines is 1. The second kappa shape index (κ2) is 12.4. The van der Waals surface area contributed by atoms with Crippen molar-refractivity contribution in [1.82, 2.24) is 10.2 Å². The second-order valence-electron chi connectivity index (χ2n) is 10.5. The van der Waals surface area contributed by atoms with Crippen molar-refractivity contribution in [2.24, 2.45) is 10.9 Å². The highest BCUT2D eigenvalue weighted by Gasteiger charge is 2.41. The van der Waals surface area contributed by atoms with Crippen molar-refractivity contribution in [2.75, 3.05) is 31.5 Å². The summed E-state index contributed by atoms with van der Waals surface area (Å²) in [5.74, 6) is -4.45. The number of nitrogens with zero attached hydrogens (tertiary/aromatic N) is 2. The average Bonchev–Trinajstić information content (AvgIpc) is 2.92. The van der Waals surface area contributed by atoms with E-state index in [1.165, 1.54) is 0 Å². The number of rotatable bonds is 9. The number of carboxylic acids is 2. The lowest BCUT2D eigenvalue weighted by Gasteiger charge is -2.38. The van der Waals surface area contributed by atoms with E-state index in [4.69, 9.17) is 0 Å². The van der Waals surface area contributed by atoms with Crippen LogP contribution in [0.1, 0.15) is 50.2 Å². The number of aliphatic imine (C=N–C) groups is 1. The molecule has 0 saturated carbocycles. The SMILES string of the molecule is CC1=NC(C)=C(C(=O)O)C(c2cccc(NC(=O)NCCCN3CCC(O)(c4ccccc4)CC3)c2)C1C(=O)O. The summed E-state index contributed by atoms with van der Waals surface area (Å²) in [5.41, 5.74) is 1.58. The first-order valence-corrected chi connectivity index (χ1v) is 13.5. The van der Waals surface area contributed by atoms with Crippen LogP contribution in [0.3, 0.4) is 0 Å². The molecule has 1 saturated heterocycles. The molecule has 0 spiro atoms. The number of carboxylic acid groups (broad SMARTS) is 2. The fourth-order valence-electron chi connectivity index (χ4n) is 5.67. The molecule has 2 aromatic rings. The summed E-state index contributed by atoms with van der Waals surface area (Å²) in [6.45, 7) is 5.94. The molecule has 1 fully saturated rings. The summed E-state index contributed by atoms with van der Waals surface area (Å²) in [5, 5.41) is 36.3. The fraction of sp³-hybridized carbons (Fsp3) is 0.400. The maximum atomic E-state index is 12.6. The van der Waals surface area contributed by atoms with Crippen LogP contribution in [0.2, 0.25) is 0 Å². The topological polar surface area (TPSA) is 152 Å². The van der Waals surface area contributed by atoms with Gasteiger partial charge in [0.1, 0.15) is 5.92 Å². The first-order valence-electron chi connectivity index (χ1n) is 13.5. The molecule has 212 valence electrons. The van der Waals surface area contributed by atoms with Crippen LogP contribution in [0.25, 0.3) is 0 Å². The number of piperidine rings is 1. The molecule has 0 bridgehead atoms. The molecule has 2 aliphatic rings. The van der Waals surface area contributed by atoms with Gasteiger partial charge in [-0.1, -0.05) is 42.5 Å². The fourth-order valence-corrected chi connectivity index (χ4v) is 5.67. The van der Waals surface area contributed by atoms with Gasteiger partial charge in [-0.15, -0.1) is 0 Å². The van der Waals surface area contributed by atoms with Crippen LogP contribution in [-0.2, 0) is 15.2 Å². The van der Waals surface area contributed by atoms with E-state index >= 15 is 0 Å². The number of urea groups is 1. The average molecular weight is 549 g/mol. The number of likely N-dealkylation sites (tertiary alicyclic amines) is 1. The number of carbonyl (C=O) groups is 3. The van der Waals surface area contributed by atoms with E-state index in [0.29, 0.717) is 36.3 Å². The minimum Gasteiger partial charge on any atom is -0.481 e. The molecule has 0 radical (unpaired) electrons. The van der Waals surface area contributed by atoms with Crippen molar-refractivity contribution in [3.63, 3.8) is 0 Å². The third kappa shape index (κ3) is 6.57. The molecule has 2 unspecified atom stereocenters. The monoisotopic (exact) mass is 548 g/mol. The van der Waals surface area contributed by atoms with Crippen molar-refractivity contribution >= 4 is 29.4 Å². The van der Waals surface area contributed by atoms with E-state index in [0.717, 1.165) is 31.6 Å². The highest BCUT2D eigenvalue weighted by molar-refractivity contribution is 6.06. The smallest absolute Gasteiger partial charge is 0.334 e. The van der Waals surface area contributed by atoms with Gasteiger partial charge < -0.3 is 30.9 Å². The number of carbonyl (C=O) groups excluding carboxylic acids is 1. The summed E-state index contributed by atoms with van der Waals surface area (Å²) in [4.78, 5) is 43.1. The molecule has 0 aromatic heterocycles. The number of aliphatic carboxylic acids is 2. The van der Waals surface area contributed by atoms with E-state index in [1.807, 2.05) is 30.3 Å². The highest BCUT2D eigenvalue weighted by atomic mass is 16.4. The molecule has 0 aliphatic carbocycles. The number of hydrogen-bond acceptors (Lipinski definition) is 6. The van der Waals surface area contributed by atoms with Gasteiger partial charge in [-0.05, 0) is 62.9 Å². The largest absolute Gasteiger partial charge is 0.481 e. The van der Waals surface area contributed by atoms with Gasteiger partial charge in [0.05, 0.1) is 11.2 Å². The van der Waals surface area contributed by atoms with Crippen molar-refractivity contribution < 1.29 is 29.7 Å². The molecule has 2 atom stereocenters. The minimum atomic E-state index is -1.22. The Morgan fingerprint density at radius 1 is 1.02 bits per heavy atom. The summed E-state index contributed by atoms with van der Waals surface area (Å²) in [6, 6.07) is 15.9. The zero-order valence-corrected chi connectivity index (χ0v) is 22.8. The number of amides is 2. The molecule has 2 aromatic carbocycles. The predicted octanol–water partition coefficient (Wildman–Crippen LogP) is 3.80. The third-order valence-electron chi connectivity index (χ3n) is 7.76. The van der Waals surface area contributed by atoms with Gasteiger partial charge in [0.15, 0.2) is 0 Å². The first kappa shape index (κ1) is 29.0. The zero-order chi connectivity index (χ0) is 28.9. The normalized spacial score (nSPS) is 20.9. The van der Waals surface area contributed by atoms with Crippen LogP contribution < -0.4 is 10.6 Å². The Morgan fingerprint density at radius 3 is 2.38 bits per heavy atom. The summed E-state index contributed by atoms with van der Waals surface area (Å²) < 4.78 is 0. The Balaban J connectivity index is 1.30. The Bertz CT molecular complexity index is 1310. The standard InChI is InChI=1S/C30H36N4O6/c1-19-24(27(35)36)26(25(28(37)38)20(2)32-19)21-8-6-11-23(18-21)33-29(39)31-14-7-15-34-16-12-30(40,13-17-34)22-9-4-3-5-10-22/h3-6,8-11,18,24,26,40H,7,12-17H2,1-2H3,(H,35,36)(H,37,38)(H2,31,33,39). The van der Waals surface area contributed by atoms with Gasteiger partial charge in [0.2, 0.25) is 0 Å². The lowest BCUT2D eigenvalue weighted by Crippen LogP contribution is -2.43. The second-order valence-corrected chi connectivity index (χ2v) is 10.5. The Kier molecular flexibility index (Phi) is 9.01. The van der Waals surface area contributed by atoms with Gasteiger partial charge in [0, 0.05) is 42.6 Å². The van der Waals surface area contributed by atoms with E-state index in [-0.39, 0.29) is 11.3 Å². The van der Waals surface area contributed by atoms with Gasteiger partial charge in [-0.3, -0.25) is 9.79 Å². The first-order chi connectivity index (χ1) is 19.1. The molecule has 40 heavy (non-hydrogen) atoms. The lowest BCUT2D eigenvalue weighted by atomic mass is 9.75. The number of aliphatic hydroxyl groups is 1. The highest BCUT2D eigenvalue weighted by Crippen LogP contribution is 2.40. The molecule has 10 nitrogen and oxygen atoms in total. The van der Waals surface area contributed by atoms with Crippen molar-refractivity contribution in [3.8, 4) is 0 Å². The number of allylic oxidation sites excluding steroid dienone is 1. The van der Waals surface area contributed by atoms with Crippen molar-refractivity contribution in [1.29, 1.82) is 0 Å². The number of benzene rings is 2. The van der Waals surface area contributed by atoms with Crippen LogP contribution in [0.15, 0.2) is 70.9 Å². The summed E-state index contributed by atoms with van der Waals surface area (Å²) in [6.07, 6.45) is 2.06. The Hall–Kier alpha value is -4.02. The molecule has 2 heterocycles. The molecule has 2 amide bonds. The molecule has 4 rings (SSSR count). The number of hydrogen-bond donors (Lipinski definition) is 5. The summed E-state index contributed by atoms with van der Waals surface area (Å²) in [7, 11) is 0. The van der Waals surface area contributed by atoms with E-state index in [1.54, 1.807) is 38.1 Å². The van der Waals surface area contributed by atoms with Gasteiger partial charge in [-0.2, -0.15) is 0 Å². The van der Waals surface area contributed by atoms with E-state index in [2.05, 4.69) is 20.5 Å². The van der Waals surface area contributed by atoms with Crippen molar-refractivity contribution in [2.45, 2.75) is 44.6 Å². The minimum absolute atomic E-state index is 0.0699. The van der Waals surface area contributed by atoms with Gasteiger partial charge in [0.25, 0.3) is 0 Å². The molecule has 2 aliphatic heterocycles. The molecular weight excluding hydrogens is 512 g/mol. The van der Waals surface area contributed by atoms with Gasteiger partial charge in [-0.25, -0.2) is 9.59 Å². The van der Waals surface area contributed by atoms with Crippen molar-refractivity contribution in [3.05, 3.63) is 77.0 Å². The van der Waals surface area contributed by atoms with Crippen LogP contribution in [0.5, 0.6) is 0 Å². The van der Waals surface area contributed by atoms with E-state index < -0.39 is 35.4 Å².